The molecule has 6 heteroatoms. The second kappa shape index (κ2) is 5.10. The van der Waals surface area contributed by atoms with Gasteiger partial charge in [-0.25, -0.2) is 4.98 Å². The van der Waals surface area contributed by atoms with Crippen LogP contribution in [0.25, 0.3) is 0 Å². The van der Waals surface area contributed by atoms with Gasteiger partial charge in [0.25, 0.3) is 5.22 Å². The molecule has 0 radical (unpaired) electrons. The summed E-state index contributed by atoms with van der Waals surface area (Å²) in [4.78, 5) is 15.8. The molecule has 0 bridgehead atoms. The number of nitrogens with zero attached hydrogens (tertiary/aromatic N) is 1. The summed E-state index contributed by atoms with van der Waals surface area (Å²) in [5, 5.41) is 0.895. The molecule has 0 amide bonds. The molecule has 2 rings (SSSR count). The van der Waals surface area contributed by atoms with E-state index in [0.717, 1.165) is 6.42 Å². The van der Waals surface area contributed by atoms with Gasteiger partial charge < -0.3 is 14.9 Å². The van der Waals surface area contributed by atoms with Crippen LogP contribution in [-0.2, 0) is 9.53 Å². The van der Waals surface area contributed by atoms with E-state index in [-0.39, 0.29) is 11.2 Å². The number of rotatable bonds is 4. The summed E-state index contributed by atoms with van der Waals surface area (Å²) in [6.45, 7) is 2.16. The second-order valence-electron chi connectivity index (χ2n) is 4.16. The number of nitrogens with two attached hydrogens (primary N) is 1. The lowest BCUT2D eigenvalue weighted by molar-refractivity contribution is -0.149. The molecular weight excluding hydrogens is 240 g/mol. The van der Waals surface area contributed by atoms with Crippen molar-refractivity contribution in [3.8, 4) is 0 Å². The van der Waals surface area contributed by atoms with Crippen molar-refractivity contribution in [1.82, 2.24) is 4.98 Å². The monoisotopic (exact) mass is 256 g/mol. The molecule has 0 aromatic carbocycles. The van der Waals surface area contributed by atoms with E-state index in [2.05, 4.69) is 4.98 Å². The van der Waals surface area contributed by atoms with Crippen molar-refractivity contribution < 1.29 is 13.9 Å². The van der Waals surface area contributed by atoms with Crippen LogP contribution in [0.1, 0.15) is 26.2 Å². The maximum Gasteiger partial charge on any atom is 0.326 e. The molecular formula is C11H16N2O3S. The van der Waals surface area contributed by atoms with Crippen LogP contribution < -0.4 is 5.73 Å². The summed E-state index contributed by atoms with van der Waals surface area (Å²) in [7, 11) is 0. The van der Waals surface area contributed by atoms with Crippen LogP contribution in [0.5, 0.6) is 0 Å². The fourth-order valence-electron chi connectivity index (χ4n) is 2.00. The molecule has 5 nitrogen and oxygen atoms in total. The number of hydrogen-bond acceptors (Lipinski definition) is 6. The minimum atomic E-state index is -0.833. The van der Waals surface area contributed by atoms with Gasteiger partial charge in [-0.05, 0) is 26.2 Å². The van der Waals surface area contributed by atoms with Crippen LogP contribution in [0.15, 0.2) is 22.1 Å². The summed E-state index contributed by atoms with van der Waals surface area (Å²) in [5.74, 6) is -0.296. The topological polar surface area (TPSA) is 78.4 Å². The summed E-state index contributed by atoms with van der Waals surface area (Å²) in [6.07, 6.45) is 5.29. The number of carbonyl (C=O) groups is 1. The number of aromatic nitrogens is 1. The highest BCUT2D eigenvalue weighted by molar-refractivity contribution is 7.99. The van der Waals surface area contributed by atoms with E-state index < -0.39 is 5.54 Å². The van der Waals surface area contributed by atoms with Crippen LogP contribution in [0.4, 0.5) is 0 Å². The highest BCUT2D eigenvalue weighted by Crippen LogP contribution is 2.39. The molecule has 1 aliphatic rings. The quantitative estimate of drug-likeness (QED) is 0.824. The van der Waals surface area contributed by atoms with E-state index in [1.54, 1.807) is 19.4 Å². The van der Waals surface area contributed by atoms with Crippen molar-refractivity contribution in [3.63, 3.8) is 0 Å². The van der Waals surface area contributed by atoms with Crippen LogP contribution >= 0.6 is 11.8 Å². The summed E-state index contributed by atoms with van der Waals surface area (Å²) >= 11 is 1.53. The first-order valence-corrected chi connectivity index (χ1v) is 6.54. The Hall–Kier alpha value is -1.01. The molecule has 1 aliphatic carbocycles. The SMILES string of the molecule is CCOC(=O)C1(N)CCC(Sc2ncco2)C1. The molecule has 2 N–H and O–H groups in total. The van der Waals surface area contributed by atoms with Gasteiger partial charge in [0.05, 0.1) is 12.8 Å². The van der Waals surface area contributed by atoms with E-state index in [4.69, 9.17) is 14.9 Å². The molecule has 1 fully saturated rings. The summed E-state index contributed by atoms with van der Waals surface area (Å²) in [6, 6.07) is 0. The highest BCUT2D eigenvalue weighted by Gasteiger charge is 2.43. The molecule has 1 heterocycles. The van der Waals surface area contributed by atoms with Gasteiger partial charge in [0.1, 0.15) is 11.8 Å². The predicted molar refractivity (Wildman–Crippen MR) is 63.6 cm³/mol. The van der Waals surface area contributed by atoms with E-state index in [9.17, 15) is 4.79 Å². The number of thioether (sulfide) groups is 1. The van der Waals surface area contributed by atoms with E-state index >= 15 is 0 Å². The van der Waals surface area contributed by atoms with Gasteiger partial charge in [-0.1, -0.05) is 11.8 Å². The zero-order valence-corrected chi connectivity index (χ0v) is 10.5. The van der Waals surface area contributed by atoms with Crippen molar-refractivity contribution in [2.24, 2.45) is 5.73 Å². The number of esters is 1. The summed E-state index contributed by atoms with van der Waals surface area (Å²) < 4.78 is 10.2. The van der Waals surface area contributed by atoms with Gasteiger partial charge >= 0.3 is 5.97 Å². The molecule has 1 aromatic heterocycles. The molecule has 0 aliphatic heterocycles. The Morgan fingerprint density at radius 3 is 3.29 bits per heavy atom. The second-order valence-corrected chi connectivity index (χ2v) is 5.41. The average molecular weight is 256 g/mol. The maximum atomic E-state index is 11.7. The van der Waals surface area contributed by atoms with Gasteiger partial charge in [-0.2, -0.15) is 0 Å². The normalized spacial score (nSPS) is 28.2. The molecule has 0 saturated heterocycles. The minimum Gasteiger partial charge on any atom is -0.465 e. The van der Waals surface area contributed by atoms with Gasteiger partial charge in [0.15, 0.2) is 0 Å². The number of ether oxygens (including phenoxy) is 1. The Morgan fingerprint density at radius 2 is 2.65 bits per heavy atom. The van der Waals surface area contributed by atoms with E-state index in [0.29, 0.717) is 24.7 Å². The van der Waals surface area contributed by atoms with Crippen LogP contribution in [-0.4, -0.2) is 28.3 Å². The maximum absolute atomic E-state index is 11.7. The molecule has 1 saturated carbocycles. The first-order valence-electron chi connectivity index (χ1n) is 5.66. The third kappa shape index (κ3) is 2.81. The van der Waals surface area contributed by atoms with Crippen molar-refractivity contribution in [2.45, 2.75) is 42.2 Å². The Labute approximate surface area is 104 Å². The van der Waals surface area contributed by atoms with Crippen molar-refractivity contribution >= 4 is 17.7 Å². The third-order valence-electron chi connectivity index (χ3n) is 2.86. The molecule has 94 valence electrons. The van der Waals surface area contributed by atoms with Crippen molar-refractivity contribution in [1.29, 1.82) is 0 Å². The Kier molecular flexibility index (Phi) is 3.73. The van der Waals surface area contributed by atoms with Crippen molar-refractivity contribution in [2.75, 3.05) is 6.61 Å². The smallest absolute Gasteiger partial charge is 0.326 e. The molecule has 2 atom stereocenters. The number of oxazole rings is 1. The molecule has 2 unspecified atom stereocenters. The third-order valence-corrected chi connectivity index (χ3v) is 4.00. The summed E-state index contributed by atoms with van der Waals surface area (Å²) in [5.41, 5.74) is 5.24. The van der Waals surface area contributed by atoms with Crippen LogP contribution in [0, 0.1) is 0 Å². The van der Waals surface area contributed by atoms with Gasteiger partial charge in [0.2, 0.25) is 0 Å². The Bertz CT molecular complexity index is 382. The van der Waals surface area contributed by atoms with Gasteiger partial charge in [-0.3, -0.25) is 4.79 Å². The highest BCUT2D eigenvalue weighted by atomic mass is 32.2. The lowest BCUT2D eigenvalue weighted by Crippen LogP contribution is -2.47. The van der Waals surface area contributed by atoms with Crippen LogP contribution in [0.3, 0.4) is 0 Å². The lowest BCUT2D eigenvalue weighted by Gasteiger charge is -2.21. The molecule has 17 heavy (non-hydrogen) atoms. The zero-order chi connectivity index (χ0) is 12.3. The zero-order valence-electron chi connectivity index (χ0n) is 9.72. The fraction of sp³-hybridized carbons (Fsp3) is 0.636. The number of hydrogen-bond donors (Lipinski definition) is 1. The van der Waals surface area contributed by atoms with Gasteiger partial charge in [-0.15, -0.1) is 0 Å². The van der Waals surface area contributed by atoms with Crippen molar-refractivity contribution in [3.05, 3.63) is 12.5 Å². The Morgan fingerprint density at radius 1 is 1.82 bits per heavy atom. The number of carbonyl (C=O) groups excluding carboxylic acids is 1. The molecule has 1 aromatic rings. The Balaban J connectivity index is 1.92. The standard InChI is InChI=1S/C11H16N2O3S/c1-2-15-9(14)11(12)4-3-8(7-11)17-10-13-5-6-16-10/h5-6,8H,2-4,7,12H2,1H3. The fourth-order valence-corrected chi connectivity index (χ4v) is 3.14. The van der Waals surface area contributed by atoms with E-state index in [1.807, 2.05) is 0 Å². The van der Waals surface area contributed by atoms with Crippen LogP contribution in [0.2, 0.25) is 0 Å². The largest absolute Gasteiger partial charge is 0.465 e. The lowest BCUT2D eigenvalue weighted by atomic mass is 10.00. The minimum absolute atomic E-state index is 0.267. The first kappa shape index (κ1) is 12.4. The first-order chi connectivity index (χ1) is 8.14. The predicted octanol–water partition coefficient (Wildman–Crippen LogP) is 1.58. The molecule has 0 spiro atoms. The van der Waals surface area contributed by atoms with Gasteiger partial charge in [0, 0.05) is 5.25 Å². The average Bonchev–Trinajstić information content (AvgIpc) is 2.91. The van der Waals surface area contributed by atoms with E-state index in [1.165, 1.54) is 11.8 Å².